The molecule has 1 aliphatic heterocycles. The van der Waals surface area contributed by atoms with E-state index in [0.717, 1.165) is 22.2 Å². The van der Waals surface area contributed by atoms with Gasteiger partial charge in [-0.05, 0) is 36.4 Å². The van der Waals surface area contributed by atoms with Crippen LogP contribution in [-0.4, -0.2) is 35.2 Å². The van der Waals surface area contributed by atoms with Gasteiger partial charge < -0.3 is 9.47 Å². The van der Waals surface area contributed by atoms with Crippen molar-refractivity contribution < 1.29 is 23.9 Å². The van der Waals surface area contributed by atoms with Crippen molar-refractivity contribution in [2.24, 2.45) is 0 Å². The number of ether oxygens (including phenoxy) is 2. The van der Waals surface area contributed by atoms with Crippen LogP contribution in [0.4, 0.5) is 4.79 Å². The van der Waals surface area contributed by atoms with Crippen LogP contribution in [0.25, 0.3) is 6.08 Å². The van der Waals surface area contributed by atoms with Crippen molar-refractivity contribution in [3.8, 4) is 5.75 Å². The minimum Gasteiger partial charge on any atom is -0.488 e. The van der Waals surface area contributed by atoms with Crippen LogP contribution >= 0.6 is 11.8 Å². The third-order valence-corrected chi connectivity index (χ3v) is 4.82. The van der Waals surface area contributed by atoms with Crippen molar-refractivity contribution in [3.63, 3.8) is 0 Å². The molecule has 0 bridgehead atoms. The third-order valence-electron chi connectivity index (χ3n) is 3.91. The summed E-state index contributed by atoms with van der Waals surface area (Å²) < 4.78 is 10.7. The van der Waals surface area contributed by atoms with Crippen molar-refractivity contribution in [2.75, 3.05) is 13.2 Å². The van der Waals surface area contributed by atoms with E-state index >= 15 is 0 Å². The second kappa shape index (κ2) is 9.23. The molecule has 1 heterocycles. The van der Waals surface area contributed by atoms with E-state index in [4.69, 9.17) is 9.47 Å². The summed E-state index contributed by atoms with van der Waals surface area (Å²) in [6.45, 7) is 1.85. The lowest BCUT2D eigenvalue weighted by Crippen LogP contribution is -2.34. The summed E-state index contributed by atoms with van der Waals surface area (Å²) >= 11 is 0.795. The van der Waals surface area contributed by atoms with Crippen LogP contribution in [0.15, 0.2) is 59.5 Å². The Bertz CT molecular complexity index is 910. The molecule has 0 atom stereocenters. The Morgan fingerprint density at radius 3 is 2.54 bits per heavy atom. The second-order valence-electron chi connectivity index (χ2n) is 5.88. The van der Waals surface area contributed by atoms with Crippen LogP contribution < -0.4 is 4.74 Å². The van der Waals surface area contributed by atoms with Gasteiger partial charge >= 0.3 is 5.97 Å². The maximum atomic E-state index is 12.5. The summed E-state index contributed by atoms with van der Waals surface area (Å²) in [6, 6.07) is 17.0. The molecule has 7 heteroatoms. The van der Waals surface area contributed by atoms with Crippen molar-refractivity contribution in [2.45, 2.75) is 13.5 Å². The first-order chi connectivity index (χ1) is 13.6. The van der Waals surface area contributed by atoms with Gasteiger partial charge in [-0.15, -0.1) is 0 Å². The van der Waals surface area contributed by atoms with Gasteiger partial charge in [0.25, 0.3) is 11.1 Å². The maximum absolute atomic E-state index is 12.5. The monoisotopic (exact) mass is 397 g/mol. The summed E-state index contributed by atoms with van der Waals surface area (Å²) in [5.74, 6) is -0.526. The van der Waals surface area contributed by atoms with Crippen LogP contribution in [-0.2, 0) is 20.9 Å². The molecule has 1 aliphatic rings. The molecule has 1 saturated heterocycles. The summed E-state index contributed by atoms with van der Waals surface area (Å²) in [5.41, 5.74) is 1.70. The molecule has 6 nitrogen and oxygen atoms in total. The van der Waals surface area contributed by atoms with Gasteiger partial charge in [-0.3, -0.25) is 19.3 Å². The number of hydrogen-bond donors (Lipinski definition) is 0. The molecule has 0 aliphatic carbocycles. The Morgan fingerprint density at radius 1 is 1.07 bits per heavy atom. The standard InChI is InChI=1S/C21H19NO5S/c1-2-26-19(23)13-22-20(24)18(28-21(22)25)12-16-10-6-7-11-17(16)27-14-15-8-4-3-5-9-15/h3-12H,2,13-14H2,1H3/b18-12+. The van der Waals surface area contributed by atoms with E-state index in [0.29, 0.717) is 17.9 Å². The van der Waals surface area contributed by atoms with Gasteiger partial charge in [0.2, 0.25) is 0 Å². The minimum absolute atomic E-state index is 0.191. The lowest BCUT2D eigenvalue weighted by Gasteiger charge is -2.11. The summed E-state index contributed by atoms with van der Waals surface area (Å²) in [6.07, 6.45) is 1.61. The van der Waals surface area contributed by atoms with Crippen molar-refractivity contribution in [1.82, 2.24) is 4.90 Å². The topological polar surface area (TPSA) is 72.9 Å². The molecule has 0 N–H and O–H groups in total. The van der Waals surface area contributed by atoms with Gasteiger partial charge in [-0.1, -0.05) is 48.5 Å². The van der Waals surface area contributed by atoms with Gasteiger partial charge in [0.15, 0.2) is 0 Å². The number of para-hydroxylation sites is 1. The molecular formula is C21H19NO5S. The zero-order valence-corrected chi connectivity index (χ0v) is 16.1. The third kappa shape index (κ3) is 4.80. The lowest BCUT2D eigenvalue weighted by atomic mass is 10.1. The van der Waals surface area contributed by atoms with E-state index in [2.05, 4.69) is 0 Å². The molecule has 2 aromatic rings. The first-order valence-electron chi connectivity index (χ1n) is 8.75. The fraction of sp³-hybridized carbons (Fsp3) is 0.190. The van der Waals surface area contributed by atoms with Crippen LogP contribution in [0.2, 0.25) is 0 Å². The lowest BCUT2D eigenvalue weighted by molar-refractivity contribution is -0.145. The van der Waals surface area contributed by atoms with Gasteiger partial charge in [0.1, 0.15) is 18.9 Å². The van der Waals surface area contributed by atoms with E-state index in [1.54, 1.807) is 25.1 Å². The number of benzene rings is 2. The smallest absolute Gasteiger partial charge is 0.326 e. The zero-order valence-electron chi connectivity index (χ0n) is 15.3. The SMILES string of the molecule is CCOC(=O)CN1C(=O)S/C(=C/c2ccccc2OCc2ccccc2)C1=O. The molecule has 0 spiro atoms. The number of rotatable bonds is 7. The Morgan fingerprint density at radius 2 is 1.79 bits per heavy atom. The first kappa shape index (κ1) is 19.7. The highest BCUT2D eigenvalue weighted by Crippen LogP contribution is 2.34. The summed E-state index contributed by atoms with van der Waals surface area (Å²) in [4.78, 5) is 37.4. The van der Waals surface area contributed by atoms with Gasteiger partial charge in [-0.2, -0.15) is 0 Å². The molecule has 2 amide bonds. The first-order valence-corrected chi connectivity index (χ1v) is 9.57. The average Bonchev–Trinajstić information content (AvgIpc) is 2.96. The molecule has 0 radical (unpaired) electrons. The zero-order chi connectivity index (χ0) is 19.9. The highest BCUT2D eigenvalue weighted by atomic mass is 32.2. The number of carbonyl (C=O) groups is 3. The molecule has 2 aromatic carbocycles. The van der Waals surface area contributed by atoms with Crippen molar-refractivity contribution in [3.05, 3.63) is 70.6 Å². The molecule has 0 aromatic heterocycles. The summed E-state index contributed by atoms with van der Waals surface area (Å²) in [7, 11) is 0. The van der Waals surface area contributed by atoms with E-state index < -0.39 is 17.1 Å². The normalized spacial score (nSPS) is 15.2. The number of carbonyl (C=O) groups excluding carboxylic acids is 3. The van der Waals surface area contributed by atoms with E-state index in [9.17, 15) is 14.4 Å². The predicted molar refractivity (Wildman–Crippen MR) is 107 cm³/mol. The Hall–Kier alpha value is -3.06. The molecule has 0 saturated carbocycles. The quantitative estimate of drug-likeness (QED) is 0.522. The fourth-order valence-corrected chi connectivity index (χ4v) is 3.41. The second-order valence-corrected chi connectivity index (χ2v) is 6.88. The molecule has 144 valence electrons. The Balaban J connectivity index is 1.75. The van der Waals surface area contributed by atoms with Gasteiger partial charge in [-0.25, -0.2) is 0 Å². The fourth-order valence-electron chi connectivity index (χ4n) is 2.58. The summed E-state index contributed by atoms with van der Waals surface area (Å²) in [5, 5.41) is -0.494. The van der Waals surface area contributed by atoms with Crippen LogP contribution in [0.5, 0.6) is 5.75 Å². The van der Waals surface area contributed by atoms with E-state index in [-0.39, 0.29) is 18.1 Å². The molecular weight excluding hydrogens is 378 g/mol. The number of nitrogens with zero attached hydrogens (tertiary/aromatic N) is 1. The average molecular weight is 397 g/mol. The largest absolute Gasteiger partial charge is 0.488 e. The number of esters is 1. The van der Waals surface area contributed by atoms with Crippen molar-refractivity contribution in [1.29, 1.82) is 0 Å². The van der Waals surface area contributed by atoms with Crippen LogP contribution in [0.3, 0.4) is 0 Å². The number of imide groups is 1. The Labute approximate surface area is 167 Å². The van der Waals surface area contributed by atoms with Gasteiger partial charge in [0, 0.05) is 5.56 Å². The molecule has 0 unspecified atom stereocenters. The highest BCUT2D eigenvalue weighted by molar-refractivity contribution is 8.18. The molecule has 3 rings (SSSR count). The predicted octanol–water partition coefficient (Wildman–Crippen LogP) is 3.87. The molecule has 1 fully saturated rings. The van der Waals surface area contributed by atoms with E-state index in [1.807, 2.05) is 42.5 Å². The molecule has 28 heavy (non-hydrogen) atoms. The Kier molecular flexibility index (Phi) is 6.49. The minimum atomic E-state index is -0.613. The van der Waals surface area contributed by atoms with Crippen molar-refractivity contribution >= 4 is 35.0 Å². The van der Waals surface area contributed by atoms with Crippen LogP contribution in [0.1, 0.15) is 18.1 Å². The number of hydrogen-bond acceptors (Lipinski definition) is 6. The van der Waals surface area contributed by atoms with E-state index in [1.165, 1.54) is 0 Å². The highest BCUT2D eigenvalue weighted by Gasteiger charge is 2.36. The van der Waals surface area contributed by atoms with Crippen LogP contribution in [0, 0.1) is 0 Å². The number of amides is 2. The van der Waals surface area contributed by atoms with Gasteiger partial charge in [0.05, 0.1) is 11.5 Å². The number of thioether (sulfide) groups is 1. The maximum Gasteiger partial charge on any atom is 0.326 e.